The van der Waals surface area contributed by atoms with Crippen molar-refractivity contribution in [3.8, 4) is 0 Å². The molecule has 0 heterocycles. The van der Waals surface area contributed by atoms with Crippen molar-refractivity contribution in [3.05, 3.63) is 64.7 Å². The van der Waals surface area contributed by atoms with Crippen LogP contribution in [0.4, 0.5) is 5.69 Å². The smallest absolute Gasteiger partial charge is 0.251 e. The first-order chi connectivity index (χ1) is 11.9. The van der Waals surface area contributed by atoms with Crippen molar-refractivity contribution in [1.82, 2.24) is 5.32 Å². The number of benzene rings is 2. The molecule has 132 valence electrons. The van der Waals surface area contributed by atoms with Gasteiger partial charge in [0, 0.05) is 16.3 Å². The average Bonchev–Trinajstić information content (AvgIpc) is 2.56. The van der Waals surface area contributed by atoms with E-state index in [4.69, 9.17) is 11.6 Å². The summed E-state index contributed by atoms with van der Waals surface area (Å²) in [4.78, 5) is 25.1. The van der Waals surface area contributed by atoms with Crippen molar-refractivity contribution in [3.63, 3.8) is 0 Å². The molecule has 2 rings (SSSR count). The maximum atomic E-state index is 12.7. The van der Waals surface area contributed by atoms with Crippen LogP contribution in [-0.2, 0) is 4.79 Å². The zero-order valence-corrected chi connectivity index (χ0v) is 15.4. The number of anilines is 1. The van der Waals surface area contributed by atoms with Gasteiger partial charge >= 0.3 is 0 Å². The van der Waals surface area contributed by atoms with Gasteiger partial charge in [-0.2, -0.15) is 0 Å². The summed E-state index contributed by atoms with van der Waals surface area (Å²) in [6.07, 6.45) is 0.553. The number of aryl methyl sites for hydroxylation is 1. The fourth-order valence-electron chi connectivity index (χ4n) is 2.48. The predicted octanol–water partition coefficient (Wildman–Crippen LogP) is 4.43. The lowest BCUT2D eigenvalue weighted by Gasteiger charge is -2.21. The minimum atomic E-state index is -0.609. The number of nitrogens with one attached hydrogen (secondary N) is 2. The molecule has 0 saturated carbocycles. The molecule has 0 unspecified atom stereocenters. The van der Waals surface area contributed by atoms with Crippen LogP contribution in [0.5, 0.6) is 0 Å². The van der Waals surface area contributed by atoms with Crippen molar-refractivity contribution >= 4 is 29.1 Å². The SMILES string of the molecule is Cc1ccccc1NC(=O)[C@@H](CC(C)C)NC(=O)c1ccc(Cl)cc1. The van der Waals surface area contributed by atoms with Crippen molar-refractivity contribution in [1.29, 1.82) is 0 Å². The van der Waals surface area contributed by atoms with E-state index in [0.717, 1.165) is 11.3 Å². The zero-order chi connectivity index (χ0) is 18.4. The van der Waals surface area contributed by atoms with E-state index >= 15 is 0 Å². The van der Waals surface area contributed by atoms with Crippen LogP contribution < -0.4 is 10.6 Å². The summed E-state index contributed by atoms with van der Waals surface area (Å²) < 4.78 is 0. The fourth-order valence-corrected chi connectivity index (χ4v) is 2.60. The molecule has 5 heteroatoms. The molecule has 0 bridgehead atoms. The Morgan fingerprint density at radius 3 is 2.28 bits per heavy atom. The molecule has 2 N–H and O–H groups in total. The van der Waals surface area contributed by atoms with Crippen LogP contribution in [0.1, 0.15) is 36.2 Å². The Morgan fingerprint density at radius 2 is 1.68 bits per heavy atom. The van der Waals surface area contributed by atoms with Gasteiger partial charge in [0.2, 0.25) is 5.91 Å². The summed E-state index contributed by atoms with van der Waals surface area (Å²) >= 11 is 5.85. The third-order valence-corrected chi connectivity index (χ3v) is 4.09. The first-order valence-corrected chi connectivity index (χ1v) is 8.67. The van der Waals surface area contributed by atoms with Crippen molar-refractivity contribution < 1.29 is 9.59 Å². The second-order valence-electron chi connectivity index (χ2n) is 6.47. The van der Waals surface area contributed by atoms with Gasteiger partial charge in [0.25, 0.3) is 5.91 Å². The number of halogens is 1. The van der Waals surface area contributed by atoms with Crippen molar-refractivity contribution in [2.45, 2.75) is 33.2 Å². The molecule has 0 saturated heterocycles. The first kappa shape index (κ1) is 19.0. The minimum Gasteiger partial charge on any atom is -0.340 e. The number of carbonyl (C=O) groups is 2. The number of amides is 2. The van der Waals surface area contributed by atoms with Crippen LogP contribution in [0.25, 0.3) is 0 Å². The van der Waals surface area contributed by atoms with E-state index in [1.54, 1.807) is 24.3 Å². The number of hydrogen-bond acceptors (Lipinski definition) is 2. The highest BCUT2D eigenvalue weighted by molar-refractivity contribution is 6.30. The van der Waals surface area contributed by atoms with Gasteiger partial charge < -0.3 is 10.6 Å². The van der Waals surface area contributed by atoms with Gasteiger partial charge in [0.1, 0.15) is 6.04 Å². The van der Waals surface area contributed by atoms with Gasteiger partial charge in [-0.15, -0.1) is 0 Å². The highest BCUT2D eigenvalue weighted by Crippen LogP contribution is 2.16. The van der Waals surface area contributed by atoms with E-state index in [0.29, 0.717) is 17.0 Å². The first-order valence-electron chi connectivity index (χ1n) is 8.29. The van der Waals surface area contributed by atoms with Gasteiger partial charge in [0.15, 0.2) is 0 Å². The third kappa shape index (κ3) is 5.61. The summed E-state index contributed by atoms with van der Waals surface area (Å²) in [7, 11) is 0. The highest BCUT2D eigenvalue weighted by Gasteiger charge is 2.23. The van der Waals surface area contributed by atoms with Crippen LogP contribution >= 0.6 is 11.6 Å². The van der Waals surface area contributed by atoms with Crippen LogP contribution in [0, 0.1) is 12.8 Å². The molecular weight excluding hydrogens is 336 g/mol. The quantitative estimate of drug-likeness (QED) is 0.802. The molecule has 0 aliphatic heterocycles. The lowest BCUT2D eigenvalue weighted by molar-refractivity contribution is -0.118. The van der Waals surface area contributed by atoms with E-state index in [1.807, 2.05) is 45.0 Å². The largest absolute Gasteiger partial charge is 0.340 e. The van der Waals surface area contributed by atoms with Crippen molar-refractivity contribution in [2.75, 3.05) is 5.32 Å². The molecule has 25 heavy (non-hydrogen) atoms. The van der Waals surface area contributed by atoms with Crippen LogP contribution in [0.15, 0.2) is 48.5 Å². The van der Waals surface area contributed by atoms with E-state index in [2.05, 4.69) is 10.6 Å². The Labute approximate surface area is 153 Å². The molecule has 4 nitrogen and oxygen atoms in total. The van der Waals surface area contributed by atoms with Crippen LogP contribution in [-0.4, -0.2) is 17.9 Å². The Hall–Kier alpha value is -2.33. The monoisotopic (exact) mass is 358 g/mol. The Kier molecular flexibility index (Phi) is 6.59. The van der Waals surface area contributed by atoms with Crippen LogP contribution in [0.3, 0.4) is 0 Å². The number of para-hydroxylation sites is 1. The topological polar surface area (TPSA) is 58.2 Å². The summed E-state index contributed by atoms with van der Waals surface area (Å²) in [5.74, 6) is -0.245. The minimum absolute atomic E-state index is 0.217. The molecule has 2 aromatic rings. The molecule has 0 aliphatic rings. The Balaban J connectivity index is 2.12. The van der Waals surface area contributed by atoms with Crippen molar-refractivity contribution in [2.24, 2.45) is 5.92 Å². The van der Waals surface area contributed by atoms with Gasteiger partial charge in [-0.05, 0) is 55.2 Å². The maximum absolute atomic E-state index is 12.7. The van der Waals surface area contributed by atoms with E-state index in [9.17, 15) is 9.59 Å². The highest BCUT2D eigenvalue weighted by atomic mass is 35.5. The standard InChI is InChI=1S/C20H23ClN2O2/c1-13(2)12-18(20(25)22-17-7-5-4-6-14(17)3)23-19(24)15-8-10-16(21)11-9-15/h4-11,13,18H,12H2,1-3H3,(H,22,25)(H,23,24)/t18-/m1/s1. The van der Waals surface area contributed by atoms with Gasteiger partial charge in [-0.3, -0.25) is 9.59 Å². The third-order valence-electron chi connectivity index (χ3n) is 3.84. The lowest BCUT2D eigenvalue weighted by Crippen LogP contribution is -2.44. The van der Waals surface area contributed by atoms with Gasteiger partial charge in [-0.1, -0.05) is 43.6 Å². The molecule has 0 aliphatic carbocycles. The molecular formula is C20H23ClN2O2. The molecule has 0 fully saturated rings. The molecule has 0 aromatic heterocycles. The normalized spacial score (nSPS) is 11.9. The van der Waals surface area contributed by atoms with E-state index in [-0.39, 0.29) is 17.7 Å². The Bertz CT molecular complexity index is 742. The maximum Gasteiger partial charge on any atom is 0.251 e. The summed E-state index contributed by atoms with van der Waals surface area (Å²) in [6, 6.07) is 13.5. The van der Waals surface area contributed by atoms with E-state index < -0.39 is 6.04 Å². The second kappa shape index (κ2) is 8.67. The molecule has 1 atom stereocenters. The van der Waals surface area contributed by atoms with Crippen LogP contribution in [0.2, 0.25) is 5.02 Å². The van der Waals surface area contributed by atoms with Gasteiger partial charge in [0.05, 0.1) is 0 Å². The number of rotatable bonds is 6. The van der Waals surface area contributed by atoms with E-state index in [1.165, 1.54) is 0 Å². The Morgan fingerprint density at radius 1 is 1.04 bits per heavy atom. The molecule has 2 aromatic carbocycles. The second-order valence-corrected chi connectivity index (χ2v) is 6.90. The molecule has 0 spiro atoms. The average molecular weight is 359 g/mol. The number of hydrogen-bond donors (Lipinski definition) is 2. The summed E-state index contributed by atoms with van der Waals surface area (Å²) in [6.45, 7) is 5.96. The molecule has 2 amide bonds. The summed E-state index contributed by atoms with van der Waals surface area (Å²) in [5, 5.41) is 6.30. The number of carbonyl (C=O) groups excluding carboxylic acids is 2. The predicted molar refractivity (Wildman–Crippen MR) is 102 cm³/mol. The summed E-state index contributed by atoms with van der Waals surface area (Å²) in [5.41, 5.74) is 2.20. The fraction of sp³-hybridized carbons (Fsp3) is 0.300. The van der Waals surface area contributed by atoms with Gasteiger partial charge in [-0.25, -0.2) is 0 Å². The lowest BCUT2D eigenvalue weighted by atomic mass is 10.0. The zero-order valence-electron chi connectivity index (χ0n) is 14.7. The molecule has 0 radical (unpaired) electrons.